The molecule has 0 radical (unpaired) electrons. The molecular formula is C20H20N4OS. The summed E-state index contributed by atoms with van der Waals surface area (Å²) in [5.41, 5.74) is 1.68. The highest BCUT2D eigenvalue weighted by Gasteiger charge is 2.19. The van der Waals surface area contributed by atoms with Crippen LogP contribution in [0.5, 0.6) is 0 Å². The molecule has 0 saturated carbocycles. The molecule has 2 aromatic carbocycles. The van der Waals surface area contributed by atoms with E-state index in [1.165, 1.54) is 11.8 Å². The van der Waals surface area contributed by atoms with Gasteiger partial charge in [-0.3, -0.25) is 9.69 Å². The molecule has 6 heteroatoms. The van der Waals surface area contributed by atoms with Crippen LogP contribution in [0.15, 0.2) is 78.5 Å². The summed E-state index contributed by atoms with van der Waals surface area (Å²) in [6.07, 6.45) is 1.79. The normalized spacial score (nSPS) is 10.5. The van der Waals surface area contributed by atoms with Crippen LogP contribution in [0.1, 0.15) is 5.82 Å². The number of benzene rings is 2. The second kappa shape index (κ2) is 8.49. The third-order valence-corrected chi connectivity index (χ3v) is 4.77. The number of thioether (sulfide) groups is 1. The highest BCUT2D eigenvalue weighted by molar-refractivity contribution is 7.99. The monoisotopic (exact) mass is 364 g/mol. The molecule has 0 aliphatic heterocycles. The summed E-state index contributed by atoms with van der Waals surface area (Å²) < 4.78 is 1.94. The van der Waals surface area contributed by atoms with E-state index in [1.54, 1.807) is 11.0 Å². The zero-order chi connectivity index (χ0) is 18.4. The van der Waals surface area contributed by atoms with Crippen molar-refractivity contribution in [3.8, 4) is 0 Å². The molecule has 0 bridgehead atoms. The number of aryl methyl sites for hydroxylation is 1. The minimum atomic E-state index is -0.0155. The van der Waals surface area contributed by atoms with Crippen molar-refractivity contribution < 1.29 is 4.79 Å². The summed E-state index contributed by atoms with van der Waals surface area (Å²) in [4.78, 5) is 14.8. The lowest BCUT2D eigenvalue weighted by Gasteiger charge is -2.22. The first-order chi connectivity index (χ1) is 12.7. The molecule has 0 aliphatic rings. The van der Waals surface area contributed by atoms with Crippen molar-refractivity contribution in [2.45, 2.75) is 18.6 Å². The summed E-state index contributed by atoms with van der Waals surface area (Å²) in [5, 5.41) is 8.98. The summed E-state index contributed by atoms with van der Waals surface area (Å²) in [7, 11) is 0. The Morgan fingerprint density at radius 2 is 1.65 bits per heavy atom. The Kier molecular flexibility index (Phi) is 5.86. The van der Waals surface area contributed by atoms with Gasteiger partial charge in [0.15, 0.2) is 5.16 Å². The molecule has 0 fully saturated rings. The summed E-state index contributed by atoms with van der Waals surface area (Å²) >= 11 is 1.38. The van der Waals surface area contributed by atoms with Crippen LogP contribution in [-0.4, -0.2) is 26.4 Å². The minimum absolute atomic E-state index is 0.0155. The van der Waals surface area contributed by atoms with Crippen molar-refractivity contribution in [2.75, 3.05) is 10.7 Å². The third kappa shape index (κ3) is 4.03. The van der Waals surface area contributed by atoms with E-state index in [0.717, 1.165) is 22.4 Å². The fourth-order valence-electron chi connectivity index (χ4n) is 2.59. The van der Waals surface area contributed by atoms with Gasteiger partial charge in [-0.05, 0) is 31.2 Å². The summed E-state index contributed by atoms with van der Waals surface area (Å²) in [5.74, 6) is 1.06. The maximum atomic E-state index is 13.0. The molecule has 0 aliphatic carbocycles. The third-order valence-electron chi connectivity index (χ3n) is 3.82. The molecule has 3 rings (SSSR count). The van der Waals surface area contributed by atoms with Crippen molar-refractivity contribution >= 4 is 29.0 Å². The Balaban J connectivity index is 1.82. The second-order valence-electron chi connectivity index (χ2n) is 5.62. The molecule has 5 nitrogen and oxygen atoms in total. The Labute approximate surface area is 157 Å². The fraction of sp³-hybridized carbons (Fsp3) is 0.150. The summed E-state index contributed by atoms with van der Waals surface area (Å²) in [6, 6.07) is 19.3. The van der Waals surface area contributed by atoms with Crippen LogP contribution in [0.2, 0.25) is 0 Å². The number of hydrogen-bond donors (Lipinski definition) is 0. The highest BCUT2D eigenvalue weighted by Crippen LogP contribution is 2.27. The van der Waals surface area contributed by atoms with Crippen LogP contribution in [0.4, 0.5) is 11.4 Å². The lowest BCUT2D eigenvalue weighted by Crippen LogP contribution is -2.27. The van der Waals surface area contributed by atoms with Gasteiger partial charge in [-0.1, -0.05) is 54.2 Å². The average molecular weight is 364 g/mol. The van der Waals surface area contributed by atoms with Gasteiger partial charge in [0.2, 0.25) is 5.91 Å². The first-order valence-electron chi connectivity index (χ1n) is 8.27. The first-order valence-corrected chi connectivity index (χ1v) is 9.26. The van der Waals surface area contributed by atoms with E-state index in [4.69, 9.17) is 0 Å². The number of aromatic nitrogens is 3. The van der Waals surface area contributed by atoms with E-state index in [2.05, 4.69) is 16.8 Å². The maximum Gasteiger partial charge on any atom is 0.242 e. The number of para-hydroxylation sites is 2. The molecule has 132 valence electrons. The van der Waals surface area contributed by atoms with Crippen molar-refractivity contribution in [3.05, 3.63) is 79.1 Å². The molecule has 1 amide bonds. The van der Waals surface area contributed by atoms with E-state index in [0.29, 0.717) is 6.54 Å². The number of carbonyl (C=O) groups is 1. The van der Waals surface area contributed by atoms with Crippen LogP contribution >= 0.6 is 11.8 Å². The topological polar surface area (TPSA) is 51.0 Å². The standard InChI is InChI=1S/C20H20N4OS/c1-3-14-23-16(2)21-22-20(23)26-15-19(25)24(17-10-6-4-7-11-17)18-12-8-5-9-13-18/h3-13H,1,14-15H2,2H3. The Morgan fingerprint density at radius 3 is 2.19 bits per heavy atom. The van der Waals surface area contributed by atoms with Gasteiger partial charge in [0.25, 0.3) is 0 Å². The van der Waals surface area contributed by atoms with Gasteiger partial charge >= 0.3 is 0 Å². The van der Waals surface area contributed by atoms with Crippen molar-refractivity contribution in [2.24, 2.45) is 0 Å². The molecule has 3 aromatic rings. The number of allylic oxidation sites excluding steroid dienone is 1. The van der Waals surface area contributed by atoms with Crippen molar-refractivity contribution in [3.63, 3.8) is 0 Å². The minimum Gasteiger partial charge on any atom is -0.302 e. The quantitative estimate of drug-likeness (QED) is 0.465. The van der Waals surface area contributed by atoms with Gasteiger partial charge in [-0.25, -0.2) is 0 Å². The van der Waals surface area contributed by atoms with Crippen molar-refractivity contribution in [1.29, 1.82) is 0 Å². The van der Waals surface area contributed by atoms with E-state index in [9.17, 15) is 4.79 Å². The van der Waals surface area contributed by atoms with Crippen molar-refractivity contribution in [1.82, 2.24) is 14.8 Å². The number of carbonyl (C=O) groups excluding carboxylic acids is 1. The Hall–Kier alpha value is -2.86. The maximum absolute atomic E-state index is 13.0. The highest BCUT2D eigenvalue weighted by atomic mass is 32.2. The Morgan fingerprint density at radius 1 is 1.08 bits per heavy atom. The van der Waals surface area contributed by atoms with Crippen LogP contribution in [0.25, 0.3) is 0 Å². The van der Waals surface area contributed by atoms with Crippen LogP contribution < -0.4 is 4.90 Å². The molecule has 0 saturated heterocycles. The Bertz CT molecular complexity index is 838. The first kappa shape index (κ1) is 17.9. The number of nitrogens with zero attached hydrogens (tertiary/aromatic N) is 4. The van der Waals surface area contributed by atoms with Crippen LogP contribution in [0.3, 0.4) is 0 Å². The number of rotatable bonds is 7. The fourth-order valence-corrected chi connectivity index (χ4v) is 3.43. The smallest absolute Gasteiger partial charge is 0.242 e. The molecule has 1 heterocycles. The molecule has 0 atom stereocenters. The largest absolute Gasteiger partial charge is 0.302 e. The van der Waals surface area contributed by atoms with E-state index in [-0.39, 0.29) is 11.7 Å². The lowest BCUT2D eigenvalue weighted by molar-refractivity contribution is -0.115. The SMILES string of the molecule is C=CCn1c(C)nnc1SCC(=O)N(c1ccccc1)c1ccccc1. The van der Waals surface area contributed by atoms with E-state index in [1.807, 2.05) is 72.2 Å². The van der Waals surface area contributed by atoms with Gasteiger partial charge in [0.05, 0.1) is 5.75 Å². The molecule has 0 unspecified atom stereocenters. The molecule has 26 heavy (non-hydrogen) atoms. The molecule has 0 spiro atoms. The van der Waals surface area contributed by atoms with Gasteiger partial charge < -0.3 is 4.57 Å². The van der Waals surface area contributed by atoms with E-state index < -0.39 is 0 Å². The lowest BCUT2D eigenvalue weighted by atomic mass is 10.2. The van der Waals surface area contributed by atoms with Gasteiger partial charge in [-0.2, -0.15) is 0 Å². The molecule has 1 aromatic heterocycles. The number of anilines is 2. The van der Waals surface area contributed by atoms with Gasteiger partial charge in [-0.15, -0.1) is 16.8 Å². The zero-order valence-corrected chi connectivity index (χ0v) is 15.4. The predicted octanol–water partition coefficient (Wildman–Crippen LogP) is 4.23. The number of hydrogen-bond acceptors (Lipinski definition) is 4. The summed E-state index contributed by atoms with van der Waals surface area (Å²) in [6.45, 7) is 6.27. The number of amides is 1. The van der Waals surface area contributed by atoms with Gasteiger partial charge in [0.1, 0.15) is 5.82 Å². The van der Waals surface area contributed by atoms with Gasteiger partial charge in [0, 0.05) is 17.9 Å². The predicted molar refractivity (Wildman–Crippen MR) is 106 cm³/mol. The van der Waals surface area contributed by atoms with Crippen LogP contribution in [0, 0.1) is 6.92 Å². The molecular weight excluding hydrogens is 344 g/mol. The second-order valence-corrected chi connectivity index (χ2v) is 6.56. The van der Waals surface area contributed by atoms with E-state index >= 15 is 0 Å². The average Bonchev–Trinajstić information content (AvgIpc) is 3.02. The zero-order valence-electron chi connectivity index (χ0n) is 14.6. The molecule has 0 N–H and O–H groups in total. The van der Waals surface area contributed by atoms with Crippen LogP contribution in [-0.2, 0) is 11.3 Å².